The van der Waals surface area contributed by atoms with Crippen molar-refractivity contribution in [2.24, 2.45) is 0 Å². The molecule has 0 saturated heterocycles. The highest BCUT2D eigenvalue weighted by molar-refractivity contribution is 5.97. The fraction of sp³-hybridized carbons (Fsp3) is 0.190. The SMILES string of the molecule is Cc1cc2ccc(NC(=O)CCCC(=O)c3ccccc3)cc2[nH]c1=O. The molecule has 1 amide bonds. The molecular formula is C21H20N2O3. The number of nitrogens with one attached hydrogen (secondary N) is 2. The van der Waals surface area contributed by atoms with E-state index in [1.165, 1.54) is 0 Å². The summed E-state index contributed by atoms with van der Waals surface area (Å²) in [5.41, 5.74) is 2.48. The number of hydrogen-bond acceptors (Lipinski definition) is 3. The summed E-state index contributed by atoms with van der Waals surface area (Å²) in [5.74, 6) is -0.114. The number of rotatable bonds is 6. The van der Waals surface area contributed by atoms with Crippen molar-refractivity contribution in [1.82, 2.24) is 4.98 Å². The van der Waals surface area contributed by atoms with Crippen molar-refractivity contribution < 1.29 is 9.59 Å². The van der Waals surface area contributed by atoms with Crippen LogP contribution in [0.5, 0.6) is 0 Å². The molecule has 0 spiro atoms. The number of aryl methyl sites for hydroxylation is 1. The lowest BCUT2D eigenvalue weighted by atomic mass is 10.1. The summed E-state index contributed by atoms with van der Waals surface area (Å²) in [7, 11) is 0. The molecule has 0 radical (unpaired) electrons. The molecule has 26 heavy (non-hydrogen) atoms. The second kappa shape index (κ2) is 7.78. The zero-order chi connectivity index (χ0) is 18.5. The van der Waals surface area contributed by atoms with Crippen molar-refractivity contribution in [3.05, 3.63) is 76.1 Å². The summed E-state index contributed by atoms with van der Waals surface area (Å²) in [6.07, 6.45) is 1.09. The Hall–Kier alpha value is -3.21. The Morgan fingerprint density at radius 2 is 1.77 bits per heavy atom. The Morgan fingerprint density at radius 1 is 1.00 bits per heavy atom. The van der Waals surface area contributed by atoms with Gasteiger partial charge < -0.3 is 10.3 Å². The van der Waals surface area contributed by atoms with E-state index in [0.29, 0.717) is 35.2 Å². The van der Waals surface area contributed by atoms with Crippen LogP contribution in [0.2, 0.25) is 0 Å². The number of benzene rings is 2. The van der Waals surface area contributed by atoms with E-state index in [0.717, 1.165) is 5.39 Å². The average molecular weight is 348 g/mol. The van der Waals surface area contributed by atoms with Gasteiger partial charge in [0.05, 0.1) is 5.52 Å². The zero-order valence-electron chi connectivity index (χ0n) is 14.5. The standard InChI is InChI=1S/C21H20N2O3/c1-14-12-16-10-11-17(13-18(16)23-21(14)26)22-20(25)9-5-8-19(24)15-6-3-2-4-7-15/h2-4,6-7,10-13H,5,8-9H2,1H3,(H,22,25)(H,23,26). The normalized spacial score (nSPS) is 10.7. The molecule has 0 aliphatic rings. The third-order valence-corrected chi connectivity index (χ3v) is 4.22. The second-order valence-corrected chi connectivity index (χ2v) is 6.27. The second-order valence-electron chi connectivity index (χ2n) is 6.27. The van der Waals surface area contributed by atoms with Gasteiger partial charge in [0.2, 0.25) is 5.91 Å². The molecule has 0 atom stereocenters. The molecule has 1 aromatic heterocycles. The van der Waals surface area contributed by atoms with Crippen LogP contribution >= 0.6 is 0 Å². The number of H-pyrrole nitrogens is 1. The number of carbonyl (C=O) groups is 2. The summed E-state index contributed by atoms with van der Waals surface area (Å²) >= 11 is 0. The molecule has 132 valence electrons. The Kier molecular flexibility index (Phi) is 5.27. The number of aromatic nitrogens is 1. The smallest absolute Gasteiger partial charge is 0.251 e. The molecule has 0 unspecified atom stereocenters. The van der Waals surface area contributed by atoms with Gasteiger partial charge in [-0.25, -0.2) is 0 Å². The molecule has 5 nitrogen and oxygen atoms in total. The number of hydrogen-bond donors (Lipinski definition) is 2. The summed E-state index contributed by atoms with van der Waals surface area (Å²) in [6.45, 7) is 1.75. The molecular weight excluding hydrogens is 328 g/mol. The van der Waals surface area contributed by atoms with Crippen molar-refractivity contribution in [2.75, 3.05) is 5.32 Å². The van der Waals surface area contributed by atoms with Crippen molar-refractivity contribution in [3.8, 4) is 0 Å². The monoisotopic (exact) mass is 348 g/mol. The third-order valence-electron chi connectivity index (χ3n) is 4.22. The van der Waals surface area contributed by atoms with Gasteiger partial charge in [0, 0.05) is 29.7 Å². The summed E-state index contributed by atoms with van der Waals surface area (Å²) in [4.78, 5) is 38.6. The van der Waals surface area contributed by atoms with Crippen LogP contribution in [0.25, 0.3) is 10.9 Å². The maximum Gasteiger partial charge on any atom is 0.251 e. The predicted molar refractivity (Wildman–Crippen MR) is 103 cm³/mol. The number of Topliss-reactive ketones (excluding diaryl/α,β-unsaturated/α-hetero) is 1. The molecule has 0 aliphatic heterocycles. The van der Waals surface area contributed by atoms with E-state index in [4.69, 9.17) is 0 Å². The average Bonchev–Trinajstić information content (AvgIpc) is 2.63. The Morgan fingerprint density at radius 3 is 2.54 bits per heavy atom. The quantitative estimate of drug-likeness (QED) is 0.665. The lowest BCUT2D eigenvalue weighted by Gasteiger charge is -2.07. The number of ketones is 1. The highest BCUT2D eigenvalue weighted by atomic mass is 16.1. The first-order valence-electron chi connectivity index (χ1n) is 8.55. The minimum atomic E-state index is -0.153. The molecule has 5 heteroatoms. The molecule has 2 N–H and O–H groups in total. The van der Waals surface area contributed by atoms with Gasteiger partial charge in [0.15, 0.2) is 5.78 Å². The zero-order valence-corrected chi connectivity index (χ0v) is 14.5. The van der Waals surface area contributed by atoms with E-state index in [-0.39, 0.29) is 23.7 Å². The number of anilines is 1. The number of fused-ring (bicyclic) bond motifs is 1. The molecule has 0 aliphatic carbocycles. The van der Waals surface area contributed by atoms with Crippen LogP contribution in [0.3, 0.4) is 0 Å². The van der Waals surface area contributed by atoms with Crippen LogP contribution in [0.1, 0.15) is 35.2 Å². The maximum absolute atomic E-state index is 12.1. The van der Waals surface area contributed by atoms with Gasteiger partial charge in [0.1, 0.15) is 0 Å². The molecule has 0 fully saturated rings. The highest BCUT2D eigenvalue weighted by Gasteiger charge is 2.08. The highest BCUT2D eigenvalue weighted by Crippen LogP contribution is 2.17. The lowest BCUT2D eigenvalue weighted by Crippen LogP contribution is -2.13. The van der Waals surface area contributed by atoms with Crippen LogP contribution < -0.4 is 10.9 Å². The van der Waals surface area contributed by atoms with E-state index >= 15 is 0 Å². The van der Waals surface area contributed by atoms with E-state index in [1.54, 1.807) is 31.2 Å². The van der Waals surface area contributed by atoms with Crippen molar-refractivity contribution in [1.29, 1.82) is 0 Å². The Labute approximate surface area is 151 Å². The minimum absolute atomic E-state index is 0.0389. The van der Waals surface area contributed by atoms with Gasteiger partial charge in [0.25, 0.3) is 5.56 Å². The largest absolute Gasteiger partial charge is 0.326 e. The van der Waals surface area contributed by atoms with Crippen LogP contribution in [-0.4, -0.2) is 16.7 Å². The summed E-state index contributed by atoms with van der Waals surface area (Å²) in [6, 6.07) is 16.3. The van der Waals surface area contributed by atoms with Crippen LogP contribution in [0.4, 0.5) is 5.69 Å². The van der Waals surface area contributed by atoms with E-state index < -0.39 is 0 Å². The maximum atomic E-state index is 12.1. The lowest BCUT2D eigenvalue weighted by molar-refractivity contribution is -0.116. The van der Waals surface area contributed by atoms with Gasteiger partial charge >= 0.3 is 0 Å². The third kappa shape index (κ3) is 4.25. The molecule has 2 aromatic carbocycles. The first kappa shape index (κ1) is 17.6. The molecule has 0 saturated carbocycles. The summed E-state index contributed by atoms with van der Waals surface area (Å²) < 4.78 is 0. The number of amides is 1. The first-order valence-corrected chi connectivity index (χ1v) is 8.55. The van der Waals surface area contributed by atoms with E-state index in [1.807, 2.05) is 30.3 Å². The van der Waals surface area contributed by atoms with Crippen LogP contribution in [0.15, 0.2) is 59.4 Å². The van der Waals surface area contributed by atoms with Crippen LogP contribution in [-0.2, 0) is 4.79 Å². The van der Waals surface area contributed by atoms with Crippen molar-refractivity contribution >= 4 is 28.3 Å². The van der Waals surface area contributed by atoms with Gasteiger partial charge in [-0.3, -0.25) is 14.4 Å². The fourth-order valence-electron chi connectivity index (χ4n) is 2.79. The number of pyridine rings is 1. The van der Waals surface area contributed by atoms with E-state index in [2.05, 4.69) is 10.3 Å². The van der Waals surface area contributed by atoms with Crippen LogP contribution in [0, 0.1) is 6.92 Å². The van der Waals surface area contributed by atoms with Gasteiger partial charge in [-0.15, -0.1) is 0 Å². The Balaban J connectivity index is 1.56. The van der Waals surface area contributed by atoms with Gasteiger partial charge in [-0.05, 0) is 36.9 Å². The summed E-state index contributed by atoms with van der Waals surface area (Å²) in [5, 5.41) is 3.72. The van der Waals surface area contributed by atoms with Gasteiger partial charge in [-0.2, -0.15) is 0 Å². The number of aromatic amines is 1. The van der Waals surface area contributed by atoms with E-state index in [9.17, 15) is 14.4 Å². The molecule has 3 rings (SSSR count). The van der Waals surface area contributed by atoms with Crippen molar-refractivity contribution in [3.63, 3.8) is 0 Å². The molecule has 1 heterocycles. The number of carbonyl (C=O) groups excluding carboxylic acids is 2. The van der Waals surface area contributed by atoms with Crippen molar-refractivity contribution in [2.45, 2.75) is 26.2 Å². The fourth-order valence-corrected chi connectivity index (χ4v) is 2.79. The topological polar surface area (TPSA) is 79.0 Å². The minimum Gasteiger partial charge on any atom is -0.326 e. The Bertz CT molecular complexity index is 1010. The molecule has 0 bridgehead atoms. The van der Waals surface area contributed by atoms with Gasteiger partial charge in [-0.1, -0.05) is 36.4 Å². The molecule has 3 aromatic rings. The predicted octanol–water partition coefficient (Wildman–Crippen LogP) is 3.83. The first-order chi connectivity index (χ1) is 12.5.